The summed E-state index contributed by atoms with van der Waals surface area (Å²) in [5.41, 5.74) is 1.62. The highest BCUT2D eigenvalue weighted by atomic mass is 32.1. The van der Waals surface area contributed by atoms with Gasteiger partial charge in [-0.25, -0.2) is 14.8 Å². The van der Waals surface area contributed by atoms with E-state index in [2.05, 4.69) is 9.97 Å². The molecule has 1 N–H and O–H groups in total. The predicted molar refractivity (Wildman–Crippen MR) is 98.7 cm³/mol. The molecule has 8 heteroatoms. The molecule has 0 aliphatic carbocycles. The van der Waals surface area contributed by atoms with Gasteiger partial charge >= 0.3 is 5.97 Å². The number of thiazole rings is 1. The molecule has 3 aromatic rings. The Balaban J connectivity index is 1.71. The van der Waals surface area contributed by atoms with Crippen LogP contribution in [0, 0.1) is 6.92 Å². The van der Waals surface area contributed by atoms with E-state index in [1.807, 2.05) is 24.5 Å². The van der Waals surface area contributed by atoms with Gasteiger partial charge in [0.15, 0.2) is 0 Å². The number of hydrogen-bond acceptors (Lipinski definition) is 6. The number of benzene rings is 1. The summed E-state index contributed by atoms with van der Waals surface area (Å²) in [7, 11) is 0. The molecule has 1 aromatic carbocycles. The molecule has 0 saturated carbocycles. The monoisotopic (exact) mass is 381 g/mol. The molecule has 27 heavy (non-hydrogen) atoms. The first-order chi connectivity index (χ1) is 13.0. The molecule has 1 unspecified atom stereocenters. The van der Waals surface area contributed by atoms with Gasteiger partial charge in [0.25, 0.3) is 5.91 Å². The summed E-state index contributed by atoms with van der Waals surface area (Å²) in [6, 6.07) is 4.16. The second kappa shape index (κ2) is 6.81. The minimum Gasteiger partial charge on any atom is -0.478 e. The van der Waals surface area contributed by atoms with Crippen LogP contribution in [0.1, 0.15) is 37.5 Å². The van der Waals surface area contributed by atoms with Gasteiger partial charge in [-0.15, -0.1) is 11.3 Å². The number of aromatic carboxylic acids is 1. The fourth-order valence-corrected chi connectivity index (χ4v) is 3.87. The van der Waals surface area contributed by atoms with Crippen molar-refractivity contribution < 1.29 is 19.1 Å². The van der Waals surface area contributed by atoms with Crippen LogP contribution in [-0.4, -0.2) is 38.4 Å². The molecule has 0 fully saturated rings. The maximum atomic E-state index is 13.2. The first kappa shape index (κ1) is 17.2. The zero-order valence-electron chi connectivity index (χ0n) is 14.3. The van der Waals surface area contributed by atoms with Gasteiger partial charge in [-0.2, -0.15) is 0 Å². The van der Waals surface area contributed by atoms with E-state index in [0.29, 0.717) is 12.1 Å². The fourth-order valence-electron chi connectivity index (χ4n) is 2.98. The quantitative estimate of drug-likeness (QED) is 0.694. The number of rotatable bonds is 4. The number of carbonyl (C=O) groups excluding carboxylic acids is 1. The van der Waals surface area contributed by atoms with Crippen molar-refractivity contribution in [3.63, 3.8) is 0 Å². The second-order valence-corrected chi connectivity index (χ2v) is 6.99. The Hall–Kier alpha value is -3.26. The Morgan fingerprint density at radius 3 is 2.78 bits per heavy atom. The van der Waals surface area contributed by atoms with Gasteiger partial charge in [-0.3, -0.25) is 4.79 Å². The SMILES string of the molecule is Cc1csc(C2C=CCN2C(=O)c2cc(C(=O)O)cc(-c3ncco3)c2)n1. The summed E-state index contributed by atoms with van der Waals surface area (Å²) in [6.45, 7) is 2.34. The predicted octanol–water partition coefficient (Wildman–Crippen LogP) is 3.56. The van der Waals surface area contributed by atoms with Gasteiger partial charge < -0.3 is 14.4 Å². The number of carbonyl (C=O) groups is 2. The van der Waals surface area contributed by atoms with Crippen LogP contribution in [0.5, 0.6) is 0 Å². The summed E-state index contributed by atoms with van der Waals surface area (Å²) >= 11 is 1.50. The maximum absolute atomic E-state index is 13.2. The zero-order valence-corrected chi connectivity index (χ0v) is 15.1. The van der Waals surface area contributed by atoms with Crippen LogP contribution in [0.2, 0.25) is 0 Å². The van der Waals surface area contributed by atoms with E-state index >= 15 is 0 Å². The van der Waals surface area contributed by atoms with E-state index in [1.165, 1.54) is 35.9 Å². The lowest BCUT2D eigenvalue weighted by Gasteiger charge is -2.23. The minimum absolute atomic E-state index is 0.00264. The molecule has 2 aromatic heterocycles. The van der Waals surface area contributed by atoms with Gasteiger partial charge in [0, 0.05) is 28.7 Å². The normalized spacial score (nSPS) is 16.0. The van der Waals surface area contributed by atoms with Crippen LogP contribution in [0.3, 0.4) is 0 Å². The first-order valence-corrected chi connectivity index (χ1v) is 9.09. The van der Waals surface area contributed by atoms with Crippen molar-refractivity contribution >= 4 is 23.2 Å². The molecule has 3 heterocycles. The topological polar surface area (TPSA) is 96.5 Å². The Labute approximate surface area is 158 Å². The number of carboxylic acids is 1. The molecule has 136 valence electrons. The highest BCUT2D eigenvalue weighted by molar-refractivity contribution is 7.09. The van der Waals surface area contributed by atoms with Crippen LogP contribution in [0.15, 0.2) is 52.6 Å². The number of aromatic nitrogens is 2. The van der Waals surface area contributed by atoms with Gasteiger partial charge in [0.1, 0.15) is 17.3 Å². The summed E-state index contributed by atoms with van der Waals surface area (Å²) in [6.07, 6.45) is 6.71. The van der Waals surface area contributed by atoms with E-state index in [9.17, 15) is 14.7 Å². The first-order valence-electron chi connectivity index (χ1n) is 8.21. The molecule has 0 saturated heterocycles. The Morgan fingerprint density at radius 2 is 2.11 bits per heavy atom. The van der Waals surface area contributed by atoms with Crippen molar-refractivity contribution in [3.05, 3.63) is 70.0 Å². The van der Waals surface area contributed by atoms with Gasteiger partial charge in [-0.1, -0.05) is 12.2 Å². The lowest BCUT2D eigenvalue weighted by atomic mass is 10.0. The number of aryl methyl sites for hydroxylation is 1. The van der Waals surface area contributed by atoms with Crippen LogP contribution < -0.4 is 0 Å². The summed E-state index contributed by atoms with van der Waals surface area (Å²) in [5.74, 6) is -1.13. The van der Waals surface area contributed by atoms with E-state index in [1.54, 1.807) is 11.0 Å². The Kier molecular flexibility index (Phi) is 4.33. The summed E-state index contributed by atoms with van der Waals surface area (Å²) in [5, 5.41) is 12.2. The standard InChI is InChI=1S/C19H15N3O4S/c1-11-10-27-17(21-11)15-3-2-5-22(15)18(23)13-7-12(16-20-4-6-26-16)8-14(9-13)19(24)25/h2-4,6-10,15H,5H2,1H3,(H,24,25). The minimum atomic E-state index is -1.12. The van der Waals surface area contributed by atoms with Crippen LogP contribution in [-0.2, 0) is 0 Å². The molecule has 1 aliphatic heterocycles. The number of amides is 1. The molecular weight excluding hydrogens is 366 g/mol. The fraction of sp³-hybridized carbons (Fsp3) is 0.158. The van der Waals surface area contributed by atoms with Crippen molar-refractivity contribution in [2.45, 2.75) is 13.0 Å². The number of nitrogens with zero attached hydrogens (tertiary/aromatic N) is 3. The lowest BCUT2D eigenvalue weighted by Crippen LogP contribution is -2.31. The molecule has 0 bridgehead atoms. The number of oxazole rings is 1. The van der Waals surface area contributed by atoms with Gasteiger partial charge in [0.2, 0.25) is 5.89 Å². The lowest BCUT2D eigenvalue weighted by molar-refractivity contribution is 0.0697. The van der Waals surface area contributed by atoms with Gasteiger partial charge in [-0.05, 0) is 25.1 Å². The average Bonchev–Trinajstić information content (AvgIpc) is 3.41. The van der Waals surface area contributed by atoms with Crippen molar-refractivity contribution in [1.82, 2.24) is 14.9 Å². The van der Waals surface area contributed by atoms with Gasteiger partial charge in [0.05, 0.1) is 11.8 Å². The summed E-state index contributed by atoms with van der Waals surface area (Å²) in [4.78, 5) is 34.9. The maximum Gasteiger partial charge on any atom is 0.335 e. The van der Waals surface area contributed by atoms with Crippen molar-refractivity contribution in [1.29, 1.82) is 0 Å². The van der Waals surface area contributed by atoms with E-state index in [4.69, 9.17) is 4.42 Å². The molecule has 4 rings (SSSR count). The molecule has 1 atom stereocenters. The smallest absolute Gasteiger partial charge is 0.335 e. The Bertz CT molecular complexity index is 1040. The number of carboxylic acid groups (broad SMARTS) is 1. The molecule has 1 amide bonds. The third-order valence-corrected chi connectivity index (χ3v) is 5.25. The molecule has 7 nitrogen and oxygen atoms in total. The zero-order chi connectivity index (χ0) is 19.0. The van der Waals surface area contributed by atoms with Crippen LogP contribution in [0.4, 0.5) is 0 Å². The third-order valence-electron chi connectivity index (χ3n) is 4.21. The molecule has 0 radical (unpaired) electrons. The summed E-state index contributed by atoms with van der Waals surface area (Å²) < 4.78 is 5.26. The van der Waals surface area contributed by atoms with Crippen molar-refractivity contribution in [3.8, 4) is 11.5 Å². The molecular formula is C19H15N3O4S. The highest BCUT2D eigenvalue weighted by Gasteiger charge is 2.29. The van der Waals surface area contributed by atoms with E-state index in [-0.39, 0.29) is 29.0 Å². The van der Waals surface area contributed by atoms with Crippen molar-refractivity contribution in [2.24, 2.45) is 0 Å². The van der Waals surface area contributed by atoms with Crippen LogP contribution >= 0.6 is 11.3 Å². The second-order valence-electron chi connectivity index (χ2n) is 6.10. The average molecular weight is 381 g/mol. The highest BCUT2D eigenvalue weighted by Crippen LogP contribution is 2.31. The largest absolute Gasteiger partial charge is 0.478 e. The van der Waals surface area contributed by atoms with E-state index in [0.717, 1.165) is 10.7 Å². The third kappa shape index (κ3) is 3.26. The Morgan fingerprint density at radius 1 is 1.30 bits per heavy atom. The number of hydrogen-bond donors (Lipinski definition) is 1. The van der Waals surface area contributed by atoms with E-state index < -0.39 is 5.97 Å². The van der Waals surface area contributed by atoms with Crippen LogP contribution in [0.25, 0.3) is 11.5 Å². The van der Waals surface area contributed by atoms with Crippen molar-refractivity contribution in [2.75, 3.05) is 6.54 Å². The molecule has 1 aliphatic rings. The molecule has 0 spiro atoms.